The maximum atomic E-state index is 11.3. The normalized spacial score (nSPS) is 10.8. The van der Waals surface area contributed by atoms with Crippen LogP contribution in [-0.2, 0) is 23.7 Å². The van der Waals surface area contributed by atoms with Crippen LogP contribution in [0.3, 0.4) is 0 Å². The Morgan fingerprint density at radius 2 is 1.35 bits per heavy atom. The number of ether oxygens (including phenoxy) is 4. The number of carbonyl (C=O) groups excluding carboxylic acids is 2. The molecular formula is C14H28N2O6S. The summed E-state index contributed by atoms with van der Waals surface area (Å²) in [6.45, 7) is 7.37. The molecule has 0 atom stereocenters. The Kier molecular flexibility index (Phi) is 15.4. The minimum Gasteiger partial charge on any atom is -0.377 e. The molecular weight excluding hydrogens is 324 g/mol. The highest BCUT2D eigenvalue weighted by Crippen LogP contribution is 1.86. The third kappa shape index (κ3) is 19.1. The van der Waals surface area contributed by atoms with Crippen LogP contribution < -0.4 is 10.6 Å². The Labute approximate surface area is 143 Å². The number of nitrogens with one attached hydrogen (secondary N) is 2. The first-order valence-corrected chi connectivity index (χ1v) is 8.05. The summed E-state index contributed by atoms with van der Waals surface area (Å²) >= 11 is 3.56. The van der Waals surface area contributed by atoms with Gasteiger partial charge in [0, 0.05) is 13.1 Å². The van der Waals surface area contributed by atoms with Crippen LogP contribution in [0.25, 0.3) is 0 Å². The van der Waals surface area contributed by atoms with Crippen molar-refractivity contribution in [2.75, 3.05) is 59.3 Å². The van der Waals surface area contributed by atoms with Crippen LogP contribution in [-0.4, -0.2) is 76.6 Å². The summed E-state index contributed by atoms with van der Waals surface area (Å²) in [7, 11) is 0. The van der Waals surface area contributed by atoms with Gasteiger partial charge in [-0.3, -0.25) is 9.59 Å². The molecule has 0 aromatic carbocycles. The summed E-state index contributed by atoms with van der Waals surface area (Å²) in [6.07, 6.45) is 0.0415. The van der Waals surface area contributed by atoms with Crippen molar-refractivity contribution >= 4 is 23.8 Å². The minimum atomic E-state index is -0.370. The van der Waals surface area contributed by atoms with E-state index in [0.29, 0.717) is 52.7 Å². The van der Waals surface area contributed by atoms with Crippen molar-refractivity contribution in [1.82, 2.24) is 10.6 Å². The molecule has 0 heterocycles. The zero-order valence-electron chi connectivity index (χ0n) is 13.8. The molecule has 136 valence electrons. The van der Waals surface area contributed by atoms with E-state index in [2.05, 4.69) is 23.3 Å². The predicted octanol–water partition coefficient (Wildman–Crippen LogP) is 0.217. The lowest BCUT2D eigenvalue weighted by Crippen LogP contribution is -2.31. The van der Waals surface area contributed by atoms with Crippen LogP contribution in [0.2, 0.25) is 0 Å². The van der Waals surface area contributed by atoms with E-state index < -0.39 is 0 Å². The van der Waals surface area contributed by atoms with Crippen molar-refractivity contribution in [3.63, 3.8) is 0 Å². The highest BCUT2D eigenvalue weighted by molar-refractivity contribution is 7.96. The van der Waals surface area contributed by atoms with Crippen molar-refractivity contribution in [3.8, 4) is 0 Å². The van der Waals surface area contributed by atoms with Crippen LogP contribution in [0, 0.1) is 0 Å². The molecule has 0 aliphatic rings. The lowest BCUT2D eigenvalue weighted by atomic mass is 10.5. The molecule has 8 nitrogen and oxygen atoms in total. The van der Waals surface area contributed by atoms with Gasteiger partial charge in [0.15, 0.2) is 0 Å². The van der Waals surface area contributed by atoms with Crippen LogP contribution in [0.15, 0.2) is 0 Å². The molecule has 0 aliphatic heterocycles. The van der Waals surface area contributed by atoms with Crippen molar-refractivity contribution in [1.29, 1.82) is 0 Å². The molecule has 0 saturated carbocycles. The molecule has 23 heavy (non-hydrogen) atoms. The van der Waals surface area contributed by atoms with E-state index in [1.807, 2.05) is 13.8 Å². The number of amides is 2. The van der Waals surface area contributed by atoms with E-state index in [1.165, 1.54) is 0 Å². The minimum absolute atomic E-state index is 0.0415. The van der Waals surface area contributed by atoms with Crippen LogP contribution in [0.5, 0.6) is 0 Å². The van der Waals surface area contributed by atoms with Crippen molar-refractivity contribution in [3.05, 3.63) is 0 Å². The van der Waals surface area contributed by atoms with Crippen molar-refractivity contribution in [2.24, 2.45) is 0 Å². The van der Waals surface area contributed by atoms with Crippen LogP contribution in [0.4, 0.5) is 4.79 Å². The summed E-state index contributed by atoms with van der Waals surface area (Å²) in [5.74, 6) is -0.148. The van der Waals surface area contributed by atoms with Gasteiger partial charge >= 0.3 is 0 Å². The Morgan fingerprint density at radius 1 is 0.870 bits per heavy atom. The van der Waals surface area contributed by atoms with Crippen molar-refractivity contribution < 1.29 is 28.5 Å². The summed E-state index contributed by atoms with van der Waals surface area (Å²) < 4.78 is 21.0. The number of hydrogen-bond donors (Lipinski definition) is 3. The van der Waals surface area contributed by atoms with E-state index in [9.17, 15) is 9.59 Å². The average molecular weight is 352 g/mol. The largest absolute Gasteiger partial charge is 0.377 e. The first kappa shape index (κ1) is 22.1. The lowest BCUT2D eigenvalue weighted by molar-refractivity contribution is -0.127. The molecule has 0 aromatic rings. The summed E-state index contributed by atoms with van der Waals surface area (Å²) in [5, 5.41) is 4.82. The summed E-state index contributed by atoms with van der Waals surface area (Å²) in [5.41, 5.74) is 0. The second-order valence-electron chi connectivity index (χ2n) is 4.78. The van der Waals surface area contributed by atoms with Gasteiger partial charge in [-0.15, -0.1) is 0 Å². The van der Waals surface area contributed by atoms with Gasteiger partial charge in [0.2, 0.25) is 5.91 Å². The number of rotatable bonds is 15. The number of hydrogen-bond acceptors (Lipinski definition) is 6. The maximum absolute atomic E-state index is 11.3. The Balaban J connectivity index is 3.13. The molecule has 0 bridgehead atoms. The van der Waals surface area contributed by atoms with Gasteiger partial charge in [0.1, 0.15) is 6.61 Å². The molecule has 0 saturated heterocycles. The molecule has 0 fully saturated rings. The predicted molar refractivity (Wildman–Crippen MR) is 88.9 cm³/mol. The number of carbonyl (C=O) groups is 2. The Bertz CT molecular complexity index is 318. The molecule has 0 unspecified atom stereocenters. The van der Waals surface area contributed by atoms with Gasteiger partial charge in [-0.05, 0) is 13.8 Å². The smallest absolute Gasteiger partial charge is 0.276 e. The molecule has 0 aliphatic carbocycles. The Morgan fingerprint density at radius 3 is 1.83 bits per heavy atom. The SMILES string of the molecule is CC(C)OCC(=O)NCCOCCOCCOCCNC(=O)S. The summed E-state index contributed by atoms with van der Waals surface area (Å²) in [6, 6.07) is 0. The van der Waals surface area contributed by atoms with E-state index in [-0.39, 0.29) is 23.9 Å². The van der Waals surface area contributed by atoms with Gasteiger partial charge in [-0.2, -0.15) is 0 Å². The fourth-order valence-electron chi connectivity index (χ4n) is 1.33. The molecule has 0 aromatic heterocycles. The van der Waals surface area contributed by atoms with E-state index in [1.54, 1.807) is 0 Å². The molecule has 0 spiro atoms. The third-order valence-corrected chi connectivity index (χ3v) is 2.54. The lowest BCUT2D eigenvalue weighted by Gasteiger charge is -2.09. The standard InChI is InChI=1S/C14H28N2O6S/c1-12(2)22-11-13(17)15-3-5-19-7-9-21-10-8-20-6-4-16-14(18)23/h12H,3-11H2,1-2H3,(H,15,17)(H2,16,18,23). The van der Waals surface area contributed by atoms with Crippen LogP contribution in [0.1, 0.15) is 13.8 Å². The quantitative estimate of drug-likeness (QED) is 0.288. The van der Waals surface area contributed by atoms with Gasteiger partial charge in [0.25, 0.3) is 5.24 Å². The van der Waals surface area contributed by atoms with Gasteiger partial charge in [-0.1, -0.05) is 12.6 Å². The van der Waals surface area contributed by atoms with E-state index in [4.69, 9.17) is 18.9 Å². The second-order valence-corrected chi connectivity index (χ2v) is 5.18. The summed E-state index contributed by atoms with van der Waals surface area (Å²) in [4.78, 5) is 21.8. The fraction of sp³-hybridized carbons (Fsp3) is 0.857. The van der Waals surface area contributed by atoms with Crippen molar-refractivity contribution in [2.45, 2.75) is 20.0 Å². The molecule has 0 radical (unpaired) electrons. The topological polar surface area (TPSA) is 95.1 Å². The molecule has 2 amide bonds. The fourth-order valence-corrected chi connectivity index (χ4v) is 1.44. The molecule has 0 rings (SSSR count). The average Bonchev–Trinajstić information content (AvgIpc) is 2.49. The zero-order valence-corrected chi connectivity index (χ0v) is 14.7. The highest BCUT2D eigenvalue weighted by atomic mass is 32.1. The Hall–Kier alpha value is -0.870. The molecule has 9 heteroatoms. The first-order chi connectivity index (χ1) is 11.0. The zero-order chi connectivity index (χ0) is 17.3. The van der Waals surface area contributed by atoms with E-state index >= 15 is 0 Å². The monoisotopic (exact) mass is 352 g/mol. The maximum Gasteiger partial charge on any atom is 0.276 e. The van der Waals surface area contributed by atoms with Gasteiger partial charge < -0.3 is 29.6 Å². The van der Waals surface area contributed by atoms with Crippen LogP contribution >= 0.6 is 12.6 Å². The number of thiol groups is 1. The third-order valence-electron chi connectivity index (χ3n) is 2.38. The van der Waals surface area contributed by atoms with Gasteiger partial charge in [0.05, 0.1) is 45.7 Å². The molecule has 2 N–H and O–H groups in total. The first-order valence-electron chi connectivity index (χ1n) is 7.60. The van der Waals surface area contributed by atoms with Gasteiger partial charge in [-0.25, -0.2) is 0 Å². The van der Waals surface area contributed by atoms with E-state index in [0.717, 1.165) is 0 Å². The second kappa shape index (κ2) is 16.0. The highest BCUT2D eigenvalue weighted by Gasteiger charge is 2.02.